The zero-order valence-electron chi connectivity index (χ0n) is 13.7. The van der Waals surface area contributed by atoms with Crippen LogP contribution in [0.5, 0.6) is 0 Å². The third kappa shape index (κ3) is 4.02. The summed E-state index contributed by atoms with van der Waals surface area (Å²) in [6.45, 7) is 2.05. The molecule has 0 spiro atoms. The van der Waals surface area contributed by atoms with E-state index in [1.807, 2.05) is 6.92 Å². The van der Waals surface area contributed by atoms with E-state index in [2.05, 4.69) is 29.6 Å². The lowest BCUT2D eigenvalue weighted by Crippen LogP contribution is -2.31. The predicted octanol–water partition coefficient (Wildman–Crippen LogP) is 3.50. The smallest absolute Gasteiger partial charge is 0.335 e. The molecule has 1 fully saturated rings. The van der Waals surface area contributed by atoms with Gasteiger partial charge in [0.05, 0.1) is 18.0 Å². The number of hydrogen-bond acceptors (Lipinski definition) is 2. The van der Waals surface area contributed by atoms with Crippen molar-refractivity contribution in [2.45, 2.75) is 32.2 Å². The molecule has 1 saturated carbocycles. The molecule has 2 N–H and O–H groups in total. The molecular weight excluding hydrogens is 302 g/mol. The second-order valence-electron chi connectivity index (χ2n) is 6.48. The number of nitrogens with one attached hydrogen (secondary N) is 1. The van der Waals surface area contributed by atoms with Crippen molar-refractivity contribution >= 4 is 11.9 Å². The Morgan fingerprint density at radius 2 is 1.88 bits per heavy atom. The maximum Gasteiger partial charge on any atom is 0.335 e. The van der Waals surface area contributed by atoms with E-state index >= 15 is 0 Å². The summed E-state index contributed by atoms with van der Waals surface area (Å²) in [5, 5.41) is 12.2. The summed E-state index contributed by atoms with van der Waals surface area (Å²) in [5.41, 5.74) is 3.25. The van der Waals surface area contributed by atoms with Gasteiger partial charge >= 0.3 is 5.97 Å². The monoisotopic (exact) mass is 323 g/mol. The standard InChI is InChI=1S/C20H21NO3/c1-13-5-7-15(8-6-13)19(16-9-10-16)21-18(22)12-14-3-2-4-17(11-14)20(23)24/h2-8,11,16,19H,9-10,12H2,1H3,(H,21,22)(H,23,24). The molecule has 2 aromatic rings. The van der Waals surface area contributed by atoms with Crippen molar-refractivity contribution < 1.29 is 14.7 Å². The average Bonchev–Trinajstić information content (AvgIpc) is 3.38. The molecule has 1 atom stereocenters. The zero-order chi connectivity index (χ0) is 17.1. The van der Waals surface area contributed by atoms with E-state index in [0.717, 1.165) is 18.4 Å². The maximum absolute atomic E-state index is 12.4. The summed E-state index contributed by atoms with van der Waals surface area (Å²) in [7, 11) is 0. The Bertz CT molecular complexity index is 748. The van der Waals surface area contributed by atoms with Gasteiger partial charge in [-0.2, -0.15) is 0 Å². The Labute approximate surface area is 141 Å². The molecule has 1 amide bonds. The lowest BCUT2D eigenvalue weighted by molar-refractivity contribution is -0.121. The molecule has 0 bridgehead atoms. The van der Waals surface area contributed by atoms with Crippen molar-refractivity contribution in [1.82, 2.24) is 5.32 Å². The Balaban J connectivity index is 1.69. The van der Waals surface area contributed by atoms with Gasteiger partial charge in [-0.1, -0.05) is 42.0 Å². The number of aryl methyl sites for hydroxylation is 1. The molecule has 3 rings (SSSR count). The molecule has 0 aromatic heterocycles. The van der Waals surface area contributed by atoms with Crippen LogP contribution in [-0.2, 0) is 11.2 Å². The number of rotatable bonds is 6. The molecule has 0 aliphatic heterocycles. The molecule has 0 radical (unpaired) electrons. The molecule has 1 unspecified atom stereocenters. The van der Waals surface area contributed by atoms with Crippen molar-refractivity contribution in [2.24, 2.45) is 5.92 Å². The highest BCUT2D eigenvalue weighted by Gasteiger charge is 2.33. The van der Waals surface area contributed by atoms with Crippen LogP contribution in [0.25, 0.3) is 0 Å². The van der Waals surface area contributed by atoms with E-state index in [4.69, 9.17) is 5.11 Å². The highest BCUT2D eigenvalue weighted by Crippen LogP contribution is 2.41. The number of aromatic carboxylic acids is 1. The molecule has 0 heterocycles. The number of carboxylic acids is 1. The molecule has 24 heavy (non-hydrogen) atoms. The fraction of sp³-hybridized carbons (Fsp3) is 0.300. The lowest BCUT2D eigenvalue weighted by atomic mass is 10.0. The minimum atomic E-state index is -0.979. The van der Waals surface area contributed by atoms with Crippen LogP contribution in [0.4, 0.5) is 0 Å². The molecule has 1 aliphatic rings. The zero-order valence-corrected chi connectivity index (χ0v) is 13.7. The van der Waals surface area contributed by atoms with Gasteiger partial charge in [-0.3, -0.25) is 4.79 Å². The molecular formula is C20H21NO3. The highest BCUT2D eigenvalue weighted by molar-refractivity contribution is 5.88. The first kappa shape index (κ1) is 16.2. The third-order valence-electron chi connectivity index (χ3n) is 4.38. The summed E-state index contributed by atoms with van der Waals surface area (Å²) < 4.78 is 0. The van der Waals surface area contributed by atoms with E-state index in [0.29, 0.717) is 11.5 Å². The van der Waals surface area contributed by atoms with Crippen LogP contribution in [0.1, 0.15) is 45.9 Å². The van der Waals surface area contributed by atoms with Gasteiger partial charge < -0.3 is 10.4 Å². The van der Waals surface area contributed by atoms with Gasteiger partial charge in [0.2, 0.25) is 5.91 Å². The van der Waals surface area contributed by atoms with Crippen LogP contribution in [0.2, 0.25) is 0 Å². The van der Waals surface area contributed by atoms with Gasteiger partial charge in [0, 0.05) is 0 Å². The lowest BCUT2D eigenvalue weighted by Gasteiger charge is -2.19. The van der Waals surface area contributed by atoms with Gasteiger partial charge in [0.15, 0.2) is 0 Å². The first-order chi connectivity index (χ1) is 11.5. The van der Waals surface area contributed by atoms with Crippen LogP contribution >= 0.6 is 0 Å². The average molecular weight is 323 g/mol. The van der Waals surface area contributed by atoms with Crippen molar-refractivity contribution in [3.8, 4) is 0 Å². The van der Waals surface area contributed by atoms with Gasteiger partial charge in [0.25, 0.3) is 0 Å². The summed E-state index contributed by atoms with van der Waals surface area (Å²) >= 11 is 0. The van der Waals surface area contributed by atoms with Gasteiger partial charge in [-0.15, -0.1) is 0 Å². The van der Waals surface area contributed by atoms with Crippen LogP contribution in [0.3, 0.4) is 0 Å². The summed E-state index contributed by atoms with van der Waals surface area (Å²) in [6.07, 6.45) is 2.46. The SMILES string of the molecule is Cc1ccc(C(NC(=O)Cc2cccc(C(=O)O)c2)C2CC2)cc1. The van der Waals surface area contributed by atoms with E-state index in [1.165, 1.54) is 11.6 Å². The fourth-order valence-electron chi connectivity index (χ4n) is 2.90. The fourth-order valence-corrected chi connectivity index (χ4v) is 2.90. The number of carbonyl (C=O) groups excluding carboxylic acids is 1. The summed E-state index contributed by atoms with van der Waals surface area (Å²) in [4.78, 5) is 23.4. The normalized spacial score (nSPS) is 14.9. The largest absolute Gasteiger partial charge is 0.478 e. The maximum atomic E-state index is 12.4. The topological polar surface area (TPSA) is 66.4 Å². The quantitative estimate of drug-likeness (QED) is 0.855. The Hall–Kier alpha value is -2.62. The van der Waals surface area contributed by atoms with Gasteiger partial charge in [-0.25, -0.2) is 4.79 Å². The molecule has 124 valence electrons. The molecule has 1 aliphatic carbocycles. The number of carbonyl (C=O) groups is 2. The van der Waals surface area contributed by atoms with Crippen LogP contribution < -0.4 is 5.32 Å². The van der Waals surface area contributed by atoms with E-state index < -0.39 is 5.97 Å². The number of benzene rings is 2. The Morgan fingerprint density at radius 1 is 1.17 bits per heavy atom. The minimum absolute atomic E-state index is 0.0424. The van der Waals surface area contributed by atoms with Crippen LogP contribution in [-0.4, -0.2) is 17.0 Å². The van der Waals surface area contributed by atoms with Crippen molar-refractivity contribution in [2.75, 3.05) is 0 Å². The Morgan fingerprint density at radius 3 is 2.50 bits per heavy atom. The van der Waals surface area contributed by atoms with E-state index in [-0.39, 0.29) is 23.9 Å². The van der Waals surface area contributed by atoms with Crippen molar-refractivity contribution in [3.05, 3.63) is 70.8 Å². The first-order valence-corrected chi connectivity index (χ1v) is 8.21. The second kappa shape index (κ2) is 6.87. The molecule has 4 nitrogen and oxygen atoms in total. The van der Waals surface area contributed by atoms with E-state index in [9.17, 15) is 9.59 Å². The molecule has 0 saturated heterocycles. The summed E-state index contributed by atoms with van der Waals surface area (Å²) in [6, 6.07) is 14.9. The number of carboxylic acid groups (broad SMARTS) is 1. The number of amides is 1. The van der Waals surface area contributed by atoms with Crippen molar-refractivity contribution in [1.29, 1.82) is 0 Å². The molecule has 4 heteroatoms. The highest BCUT2D eigenvalue weighted by atomic mass is 16.4. The third-order valence-corrected chi connectivity index (χ3v) is 4.38. The summed E-state index contributed by atoms with van der Waals surface area (Å²) in [5.74, 6) is -0.551. The Kier molecular flexibility index (Phi) is 4.65. The van der Waals surface area contributed by atoms with E-state index in [1.54, 1.807) is 18.2 Å². The van der Waals surface area contributed by atoms with Gasteiger partial charge in [-0.05, 0) is 48.9 Å². The van der Waals surface area contributed by atoms with Gasteiger partial charge in [0.1, 0.15) is 0 Å². The predicted molar refractivity (Wildman–Crippen MR) is 91.9 cm³/mol. The molecule has 2 aromatic carbocycles. The van der Waals surface area contributed by atoms with Crippen LogP contribution in [0, 0.1) is 12.8 Å². The number of hydrogen-bond donors (Lipinski definition) is 2. The van der Waals surface area contributed by atoms with Crippen molar-refractivity contribution in [3.63, 3.8) is 0 Å². The first-order valence-electron chi connectivity index (χ1n) is 8.21. The second-order valence-corrected chi connectivity index (χ2v) is 6.48. The van der Waals surface area contributed by atoms with Crippen LogP contribution in [0.15, 0.2) is 48.5 Å². The minimum Gasteiger partial charge on any atom is -0.478 e.